The van der Waals surface area contributed by atoms with Gasteiger partial charge in [-0.05, 0) is 49.9 Å². The molecule has 6 heteroatoms. The van der Waals surface area contributed by atoms with Crippen LogP contribution in [0.2, 0.25) is 0 Å². The molecule has 26 heavy (non-hydrogen) atoms. The minimum absolute atomic E-state index is 0.0552. The number of aromatic nitrogens is 2. The van der Waals surface area contributed by atoms with Crippen molar-refractivity contribution < 1.29 is 9.59 Å². The number of amides is 2. The fourth-order valence-electron chi connectivity index (χ4n) is 2.96. The van der Waals surface area contributed by atoms with Crippen molar-refractivity contribution in [2.45, 2.75) is 54.0 Å². The summed E-state index contributed by atoms with van der Waals surface area (Å²) in [5.74, 6) is 0.332. The first kappa shape index (κ1) is 19.7. The Morgan fingerprint density at radius 2 is 1.81 bits per heavy atom. The van der Waals surface area contributed by atoms with Gasteiger partial charge in [0.25, 0.3) is 0 Å². The van der Waals surface area contributed by atoms with E-state index in [0.717, 1.165) is 23.5 Å². The van der Waals surface area contributed by atoms with E-state index in [1.807, 2.05) is 11.6 Å². The Morgan fingerprint density at radius 3 is 2.42 bits per heavy atom. The fourth-order valence-corrected chi connectivity index (χ4v) is 2.96. The lowest BCUT2D eigenvalue weighted by Crippen LogP contribution is -2.13. The maximum Gasteiger partial charge on any atom is 0.224 e. The summed E-state index contributed by atoms with van der Waals surface area (Å²) >= 11 is 0. The second kappa shape index (κ2) is 8.65. The third-order valence-corrected chi connectivity index (χ3v) is 4.14. The molecular formula is C20H28N4O2. The van der Waals surface area contributed by atoms with Crippen molar-refractivity contribution >= 4 is 23.2 Å². The Kier molecular flexibility index (Phi) is 6.55. The molecule has 0 saturated carbocycles. The summed E-state index contributed by atoms with van der Waals surface area (Å²) in [6, 6.07) is 7.13. The van der Waals surface area contributed by atoms with Gasteiger partial charge in [-0.1, -0.05) is 19.9 Å². The summed E-state index contributed by atoms with van der Waals surface area (Å²) in [6.07, 6.45) is 1.05. The topological polar surface area (TPSA) is 76.0 Å². The molecule has 0 spiro atoms. The zero-order chi connectivity index (χ0) is 19.3. The van der Waals surface area contributed by atoms with Gasteiger partial charge in [0.1, 0.15) is 0 Å². The van der Waals surface area contributed by atoms with Gasteiger partial charge in [-0.3, -0.25) is 14.3 Å². The molecule has 1 aromatic carbocycles. The van der Waals surface area contributed by atoms with Crippen molar-refractivity contribution in [3.05, 3.63) is 41.2 Å². The number of benzene rings is 1. The average molecular weight is 356 g/mol. The molecule has 2 amide bonds. The van der Waals surface area contributed by atoms with Crippen molar-refractivity contribution in [3.63, 3.8) is 0 Å². The zero-order valence-corrected chi connectivity index (χ0v) is 16.2. The van der Waals surface area contributed by atoms with Crippen LogP contribution in [-0.2, 0) is 22.6 Å². The van der Waals surface area contributed by atoms with Crippen LogP contribution in [0.5, 0.6) is 0 Å². The second-order valence-corrected chi connectivity index (χ2v) is 7.04. The molecule has 140 valence electrons. The van der Waals surface area contributed by atoms with Crippen molar-refractivity contribution in [3.8, 4) is 0 Å². The highest BCUT2D eigenvalue weighted by molar-refractivity contribution is 5.93. The summed E-state index contributed by atoms with van der Waals surface area (Å²) < 4.78 is 2.03. The van der Waals surface area contributed by atoms with Crippen LogP contribution in [0.15, 0.2) is 24.3 Å². The van der Waals surface area contributed by atoms with E-state index in [1.54, 1.807) is 24.3 Å². The highest BCUT2D eigenvalue weighted by Gasteiger charge is 2.14. The normalized spacial score (nSPS) is 10.8. The second-order valence-electron chi connectivity index (χ2n) is 7.04. The van der Waals surface area contributed by atoms with Crippen LogP contribution in [0.4, 0.5) is 11.4 Å². The Balaban J connectivity index is 1.97. The van der Waals surface area contributed by atoms with Gasteiger partial charge < -0.3 is 10.6 Å². The molecule has 0 aliphatic heterocycles. The molecule has 0 saturated heterocycles. The highest BCUT2D eigenvalue weighted by atomic mass is 16.2. The van der Waals surface area contributed by atoms with Crippen LogP contribution >= 0.6 is 0 Å². The van der Waals surface area contributed by atoms with Crippen molar-refractivity contribution in [1.29, 1.82) is 0 Å². The maximum absolute atomic E-state index is 12.3. The number of aryl methyl sites for hydroxylation is 1. The van der Waals surface area contributed by atoms with Crippen LogP contribution < -0.4 is 10.6 Å². The van der Waals surface area contributed by atoms with Crippen LogP contribution in [0.25, 0.3) is 0 Å². The van der Waals surface area contributed by atoms with Gasteiger partial charge in [-0.25, -0.2) is 0 Å². The molecule has 2 N–H and O–H groups in total. The number of nitrogens with zero attached hydrogens (tertiary/aromatic N) is 2. The van der Waals surface area contributed by atoms with Gasteiger partial charge in [-0.15, -0.1) is 0 Å². The summed E-state index contributed by atoms with van der Waals surface area (Å²) in [6.45, 7) is 10.7. The molecule has 0 unspecified atom stereocenters. The van der Waals surface area contributed by atoms with Gasteiger partial charge >= 0.3 is 0 Å². The van der Waals surface area contributed by atoms with E-state index in [4.69, 9.17) is 0 Å². The SMILES string of the molecule is CC(=O)Nc1cccc(NC(=O)CCc2c(C)nn(CC(C)C)c2C)c1. The molecule has 0 fully saturated rings. The minimum atomic E-state index is -0.141. The smallest absolute Gasteiger partial charge is 0.224 e. The lowest BCUT2D eigenvalue weighted by atomic mass is 10.1. The van der Waals surface area contributed by atoms with Gasteiger partial charge in [-0.2, -0.15) is 5.10 Å². The number of hydrogen-bond acceptors (Lipinski definition) is 3. The first-order valence-electron chi connectivity index (χ1n) is 8.96. The number of hydrogen-bond donors (Lipinski definition) is 2. The van der Waals surface area contributed by atoms with Crippen molar-refractivity contribution in [1.82, 2.24) is 9.78 Å². The monoisotopic (exact) mass is 356 g/mol. The number of carbonyl (C=O) groups excluding carboxylic acids is 2. The fraction of sp³-hybridized carbons (Fsp3) is 0.450. The van der Waals surface area contributed by atoms with Crippen LogP contribution in [0.1, 0.15) is 44.1 Å². The predicted molar refractivity (Wildman–Crippen MR) is 104 cm³/mol. The van der Waals surface area contributed by atoms with Crippen LogP contribution in [0.3, 0.4) is 0 Å². The number of anilines is 2. The molecule has 0 aliphatic carbocycles. The lowest BCUT2D eigenvalue weighted by molar-refractivity contribution is -0.116. The standard InChI is InChI=1S/C20H28N4O2/c1-13(2)12-24-15(4)19(14(3)23-24)9-10-20(26)22-18-8-6-7-17(11-18)21-16(5)25/h6-8,11,13H,9-10,12H2,1-5H3,(H,21,25)(H,22,26). The molecule has 0 atom stereocenters. The molecule has 6 nitrogen and oxygen atoms in total. The molecule has 0 bridgehead atoms. The van der Waals surface area contributed by atoms with Crippen LogP contribution in [0, 0.1) is 19.8 Å². The molecule has 0 radical (unpaired) electrons. The Hall–Kier alpha value is -2.63. The number of rotatable bonds is 7. The molecule has 1 heterocycles. The predicted octanol–water partition coefficient (Wildman–Crippen LogP) is 3.69. The van der Waals surface area contributed by atoms with Gasteiger partial charge in [0, 0.05) is 37.0 Å². The first-order chi connectivity index (χ1) is 12.3. The average Bonchev–Trinajstić information content (AvgIpc) is 2.78. The van der Waals surface area contributed by atoms with E-state index in [1.165, 1.54) is 6.92 Å². The maximum atomic E-state index is 12.3. The highest BCUT2D eigenvalue weighted by Crippen LogP contribution is 2.18. The van der Waals surface area contributed by atoms with E-state index in [0.29, 0.717) is 30.1 Å². The summed E-state index contributed by atoms with van der Waals surface area (Å²) in [4.78, 5) is 23.4. The minimum Gasteiger partial charge on any atom is -0.326 e. The largest absolute Gasteiger partial charge is 0.326 e. The van der Waals surface area contributed by atoms with E-state index in [-0.39, 0.29) is 11.8 Å². The Bertz CT molecular complexity index is 793. The third-order valence-electron chi connectivity index (χ3n) is 4.14. The van der Waals surface area contributed by atoms with Crippen molar-refractivity contribution in [2.24, 2.45) is 5.92 Å². The zero-order valence-electron chi connectivity index (χ0n) is 16.2. The molecule has 2 aromatic rings. The van der Waals surface area contributed by atoms with Gasteiger partial charge in [0.2, 0.25) is 11.8 Å². The van der Waals surface area contributed by atoms with E-state index in [2.05, 4.69) is 36.5 Å². The molecule has 2 rings (SSSR count). The number of carbonyl (C=O) groups is 2. The van der Waals surface area contributed by atoms with Gasteiger partial charge in [0.05, 0.1) is 5.69 Å². The Morgan fingerprint density at radius 1 is 1.15 bits per heavy atom. The van der Waals surface area contributed by atoms with E-state index < -0.39 is 0 Å². The summed E-state index contributed by atoms with van der Waals surface area (Å²) in [5, 5.41) is 10.2. The summed E-state index contributed by atoms with van der Waals surface area (Å²) in [5.41, 5.74) is 4.61. The molecular weight excluding hydrogens is 328 g/mol. The molecule has 1 aromatic heterocycles. The van der Waals surface area contributed by atoms with Gasteiger partial charge in [0.15, 0.2) is 0 Å². The quantitative estimate of drug-likeness (QED) is 0.794. The third kappa shape index (κ3) is 5.44. The first-order valence-corrected chi connectivity index (χ1v) is 8.96. The van der Waals surface area contributed by atoms with Crippen molar-refractivity contribution in [2.75, 3.05) is 10.6 Å². The molecule has 0 aliphatic rings. The lowest BCUT2D eigenvalue weighted by Gasteiger charge is -2.09. The number of nitrogens with one attached hydrogen (secondary N) is 2. The van der Waals surface area contributed by atoms with Crippen LogP contribution in [-0.4, -0.2) is 21.6 Å². The van der Waals surface area contributed by atoms with E-state index in [9.17, 15) is 9.59 Å². The summed E-state index contributed by atoms with van der Waals surface area (Å²) in [7, 11) is 0. The van der Waals surface area contributed by atoms with E-state index >= 15 is 0 Å². The Labute approximate surface area is 155 Å².